The Balaban J connectivity index is 1.93. The second kappa shape index (κ2) is 5.18. The van der Waals surface area contributed by atoms with Crippen molar-refractivity contribution < 1.29 is 13.5 Å². The first-order chi connectivity index (χ1) is 8.46. The molecule has 0 spiro atoms. The van der Waals surface area contributed by atoms with Gasteiger partial charge in [0.25, 0.3) is 0 Å². The maximum atomic E-state index is 13.4. The number of rotatable bonds is 3. The number of pyridine rings is 1. The van der Waals surface area contributed by atoms with Crippen molar-refractivity contribution in [1.29, 1.82) is 0 Å². The van der Waals surface area contributed by atoms with E-state index < -0.39 is 11.8 Å². The molecule has 18 heavy (non-hydrogen) atoms. The second-order valence-electron chi connectivity index (χ2n) is 5.31. The number of nitrogens with zero attached hydrogens (tertiary/aromatic N) is 1. The average molecular weight is 256 g/mol. The molecule has 1 atom stereocenters. The number of hydrogen-bond donors (Lipinski definition) is 1. The van der Waals surface area contributed by atoms with E-state index in [0.717, 1.165) is 25.0 Å². The molecule has 100 valence electrons. The van der Waals surface area contributed by atoms with Crippen LogP contribution in [0.4, 0.5) is 14.6 Å². The standard InChI is InChI=1S/C13H18F2N2O/c1-13(2)7-9(5-6-18-13)8-16-12-10(14)3-4-11(15)17-12/h3-4,9H,5-8H2,1-2H3,(H,16,17). The first-order valence-electron chi connectivity index (χ1n) is 6.16. The van der Waals surface area contributed by atoms with E-state index in [-0.39, 0.29) is 11.4 Å². The van der Waals surface area contributed by atoms with Crippen LogP contribution >= 0.6 is 0 Å². The quantitative estimate of drug-likeness (QED) is 0.844. The summed E-state index contributed by atoms with van der Waals surface area (Å²) < 4.78 is 31.9. The van der Waals surface area contributed by atoms with Gasteiger partial charge in [0.05, 0.1) is 5.60 Å². The summed E-state index contributed by atoms with van der Waals surface area (Å²) in [6, 6.07) is 2.09. The largest absolute Gasteiger partial charge is 0.376 e. The van der Waals surface area contributed by atoms with E-state index in [0.29, 0.717) is 19.1 Å². The highest BCUT2D eigenvalue weighted by atomic mass is 19.1. The van der Waals surface area contributed by atoms with Crippen LogP contribution in [0, 0.1) is 17.7 Å². The molecule has 1 saturated heterocycles. The van der Waals surface area contributed by atoms with Crippen molar-refractivity contribution in [3.8, 4) is 0 Å². The minimum atomic E-state index is -0.675. The summed E-state index contributed by atoms with van der Waals surface area (Å²) in [4.78, 5) is 3.51. The average Bonchev–Trinajstić information content (AvgIpc) is 2.29. The topological polar surface area (TPSA) is 34.2 Å². The van der Waals surface area contributed by atoms with Gasteiger partial charge in [-0.25, -0.2) is 4.39 Å². The van der Waals surface area contributed by atoms with Gasteiger partial charge in [0.2, 0.25) is 5.95 Å². The third-order valence-corrected chi connectivity index (χ3v) is 3.17. The zero-order valence-electron chi connectivity index (χ0n) is 10.7. The number of hydrogen-bond acceptors (Lipinski definition) is 3. The lowest BCUT2D eigenvalue weighted by atomic mass is 9.88. The Bertz CT molecular complexity index is 423. The molecule has 1 aliphatic heterocycles. The summed E-state index contributed by atoms with van der Waals surface area (Å²) >= 11 is 0. The van der Waals surface area contributed by atoms with E-state index in [4.69, 9.17) is 4.74 Å². The van der Waals surface area contributed by atoms with Gasteiger partial charge >= 0.3 is 0 Å². The van der Waals surface area contributed by atoms with Crippen LogP contribution in [0.1, 0.15) is 26.7 Å². The summed E-state index contributed by atoms with van der Waals surface area (Å²) in [6.07, 6.45) is 1.82. The van der Waals surface area contributed by atoms with Gasteiger partial charge in [0.15, 0.2) is 11.6 Å². The molecule has 0 radical (unpaired) electrons. The van der Waals surface area contributed by atoms with Gasteiger partial charge in [-0.05, 0) is 44.7 Å². The summed E-state index contributed by atoms with van der Waals surface area (Å²) in [5, 5.41) is 2.88. The second-order valence-corrected chi connectivity index (χ2v) is 5.31. The Morgan fingerprint density at radius 2 is 2.22 bits per heavy atom. The van der Waals surface area contributed by atoms with E-state index in [1.54, 1.807) is 0 Å². The lowest BCUT2D eigenvalue weighted by Crippen LogP contribution is -2.36. The smallest absolute Gasteiger partial charge is 0.214 e. The van der Waals surface area contributed by atoms with Crippen LogP contribution < -0.4 is 5.32 Å². The highest BCUT2D eigenvalue weighted by Crippen LogP contribution is 2.28. The third-order valence-electron chi connectivity index (χ3n) is 3.17. The number of aromatic nitrogens is 1. The molecule has 2 rings (SSSR count). The Hall–Kier alpha value is -1.23. The molecule has 5 heteroatoms. The number of anilines is 1. The van der Waals surface area contributed by atoms with Crippen LogP contribution in [0.25, 0.3) is 0 Å². The van der Waals surface area contributed by atoms with Crippen molar-refractivity contribution >= 4 is 5.82 Å². The molecule has 1 aromatic rings. The normalized spacial score (nSPS) is 22.8. The maximum absolute atomic E-state index is 13.4. The first kappa shape index (κ1) is 13.2. The Morgan fingerprint density at radius 3 is 2.94 bits per heavy atom. The molecule has 0 saturated carbocycles. The zero-order valence-corrected chi connectivity index (χ0v) is 10.7. The molecule has 0 aromatic carbocycles. The molecule has 3 nitrogen and oxygen atoms in total. The van der Waals surface area contributed by atoms with Crippen molar-refractivity contribution in [2.75, 3.05) is 18.5 Å². The molecule has 0 aliphatic carbocycles. The molecular formula is C13H18F2N2O. The maximum Gasteiger partial charge on any atom is 0.214 e. The van der Waals surface area contributed by atoms with Gasteiger partial charge in [-0.1, -0.05) is 0 Å². The lowest BCUT2D eigenvalue weighted by Gasteiger charge is -2.35. The van der Waals surface area contributed by atoms with E-state index in [9.17, 15) is 8.78 Å². The van der Waals surface area contributed by atoms with Crippen molar-refractivity contribution in [2.24, 2.45) is 5.92 Å². The van der Waals surface area contributed by atoms with Crippen LogP contribution in [0.3, 0.4) is 0 Å². The Morgan fingerprint density at radius 1 is 1.44 bits per heavy atom. The van der Waals surface area contributed by atoms with E-state index in [2.05, 4.69) is 10.3 Å². The van der Waals surface area contributed by atoms with Gasteiger partial charge in [-0.3, -0.25) is 0 Å². The van der Waals surface area contributed by atoms with Crippen LogP contribution in [0.2, 0.25) is 0 Å². The molecule has 1 aromatic heterocycles. The molecular weight excluding hydrogens is 238 g/mol. The van der Waals surface area contributed by atoms with Gasteiger partial charge < -0.3 is 10.1 Å². The van der Waals surface area contributed by atoms with Gasteiger partial charge in [0, 0.05) is 13.2 Å². The predicted molar refractivity (Wildman–Crippen MR) is 65.4 cm³/mol. The molecule has 1 N–H and O–H groups in total. The number of halogens is 2. The predicted octanol–water partition coefficient (Wildman–Crippen LogP) is 2.98. The van der Waals surface area contributed by atoms with Gasteiger partial charge in [-0.2, -0.15) is 9.37 Å². The molecule has 0 bridgehead atoms. The molecule has 1 unspecified atom stereocenters. The Kier molecular flexibility index (Phi) is 3.80. The minimum Gasteiger partial charge on any atom is -0.376 e. The summed E-state index contributed by atoms with van der Waals surface area (Å²) in [6.45, 7) is 5.37. The highest BCUT2D eigenvalue weighted by Gasteiger charge is 2.28. The molecule has 1 aliphatic rings. The first-order valence-corrected chi connectivity index (χ1v) is 6.16. The SMILES string of the molecule is CC1(C)CC(CNc2nc(F)ccc2F)CCO1. The van der Waals surface area contributed by atoms with E-state index in [1.165, 1.54) is 0 Å². The summed E-state index contributed by atoms with van der Waals surface area (Å²) in [5.41, 5.74) is -0.140. The summed E-state index contributed by atoms with van der Waals surface area (Å²) in [7, 11) is 0. The fourth-order valence-electron chi connectivity index (χ4n) is 2.32. The lowest BCUT2D eigenvalue weighted by molar-refractivity contribution is -0.0700. The van der Waals surface area contributed by atoms with Crippen molar-refractivity contribution in [1.82, 2.24) is 4.98 Å². The Labute approximate surface area is 106 Å². The fraction of sp³-hybridized carbons (Fsp3) is 0.615. The zero-order chi connectivity index (χ0) is 13.2. The van der Waals surface area contributed by atoms with Crippen molar-refractivity contribution in [2.45, 2.75) is 32.3 Å². The summed E-state index contributed by atoms with van der Waals surface area (Å²) in [5.74, 6) is -0.827. The van der Waals surface area contributed by atoms with Gasteiger partial charge in [-0.15, -0.1) is 0 Å². The minimum absolute atomic E-state index is 0.0145. The molecule has 2 heterocycles. The fourth-order valence-corrected chi connectivity index (χ4v) is 2.32. The monoisotopic (exact) mass is 256 g/mol. The molecule has 1 fully saturated rings. The molecule has 0 amide bonds. The third kappa shape index (κ3) is 3.38. The van der Waals surface area contributed by atoms with Crippen molar-refractivity contribution in [3.05, 3.63) is 23.9 Å². The highest BCUT2D eigenvalue weighted by molar-refractivity contribution is 5.35. The van der Waals surface area contributed by atoms with Crippen LogP contribution in [0.15, 0.2) is 12.1 Å². The van der Waals surface area contributed by atoms with Crippen LogP contribution in [0.5, 0.6) is 0 Å². The van der Waals surface area contributed by atoms with E-state index >= 15 is 0 Å². The number of nitrogens with one attached hydrogen (secondary N) is 1. The number of ether oxygens (including phenoxy) is 1. The van der Waals surface area contributed by atoms with Crippen LogP contribution in [-0.4, -0.2) is 23.7 Å². The van der Waals surface area contributed by atoms with Gasteiger partial charge in [0.1, 0.15) is 0 Å². The van der Waals surface area contributed by atoms with E-state index in [1.807, 2.05) is 13.8 Å². The van der Waals surface area contributed by atoms with Crippen molar-refractivity contribution in [3.63, 3.8) is 0 Å². The van der Waals surface area contributed by atoms with Crippen LogP contribution in [-0.2, 0) is 4.74 Å².